The normalized spacial score (nSPS) is 11.1. The highest BCUT2D eigenvalue weighted by Gasteiger charge is 2.16. The van der Waals surface area contributed by atoms with E-state index in [2.05, 4.69) is 24.9 Å². The second-order valence-electron chi connectivity index (χ2n) is 6.29. The van der Waals surface area contributed by atoms with Crippen molar-refractivity contribution in [1.82, 2.24) is 24.7 Å². The number of hydrogen-bond donors (Lipinski definition) is 1. The third kappa shape index (κ3) is 2.38. The first-order chi connectivity index (χ1) is 13.6. The molecule has 5 aromatic rings. The Morgan fingerprint density at radius 1 is 1.25 bits per heavy atom. The second kappa shape index (κ2) is 5.89. The molecule has 0 amide bonds. The number of aromatic nitrogens is 5. The number of fused-ring (bicyclic) bond motifs is 2. The summed E-state index contributed by atoms with van der Waals surface area (Å²) in [5.74, 6) is 0.506. The van der Waals surface area contributed by atoms with Crippen molar-refractivity contribution in [3.63, 3.8) is 0 Å². The minimum absolute atomic E-state index is 0.131. The highest BCUT2D eigenvalue weighted by molar-refractivity contribution is 5.88. The molecule has 0 unspecified atom stereocenters. The summed E-state index contributed by atoms with van der Waals surface area (Å²) in [6.07, 6.45) is 4.58. The molecule has 0 saturated carbocycles. The lowest BCUT2D eigenvalue weighted by atomic mass is 10.0. The van der Waals surface area contributed by atoms with Gasteiger partial charge in [0.25, 0.3) is 0 Å². The number of nitrogens with zero attached hydrogens (tertiary/aromatic N) is 5. The Bertz CT molecular complexity index is 1470. The fraction of sp³-hybridized carbons (Fsp3) is 0.0500. The molecule has 0 bridgehead atoms. The first kappa shape index (κ1) is 16.0. The molecule has 28 heavy (non-hydrogen) atoms. The Kier molecular flexibility index (Phi) is 3.36. The standard InChI is InChI=1S/C20H12N6O2/c1-11-16(21-2)9-26(25-11)20-13(8-14-17(27)5-6-22-19(14)24-20)12-3-4-15-18(7-12)28-10-23-15/h3-10H,1H3,(H,22,24,27). The molecule has 8 nitrogen and oxygen atoms in total. The van der Waals surface area contributed by atoms with E-state index in [1.165, 1.54) is 12.5 Å². The molecule has 4 aromatic heterocycles. The van der Waals surface area contributed by atoms with Crippen LogP contribution in [0.15, 0.2) is 58.3 Å². The molecule has 5 rings (SSSR count). The summed E-state index contributed by atoms with van der Waals surface area (Å²) in [4.78, 5) is 27.6. The molecule has 1 N–H and O–H groups in total. The molecule has 4 heterocycles. The summed E-state index contributed by atoms with van der Waals surface area (Å²) in [5.41, 5.74) is 4.23. The van der Waals surface area contributed by atoms with Crippen molar-refractivity contribution in [2.75, 3.05) is 0 Å². The van der Waals surface area contributed by atoms with E-state index >= 15 is 0 Å². The number of H-pyrrole nitrogens is 1. The Morgan fingerprint density at radius 3 is 2.96 bits per heavy atom. The summed E-state index contributed by atoms with van der Waals surface area (Å²) in [6, 6.07) is 8.82. The Balaban J connectivity index is 1.85. The van der Waals surface area contributed by atoms with Gasteiger partial charge in [-0.15, -0.1) is 0 Å². The van der Waals surface area contributed by atoms with Gasteiger partial charge in [-0.1, -0.05) is 6.07 Å². The van der Waals surface area contributed by atoms with E-state index in [4.69, 9.17) is 11.0 Å². The van der Waals surface area contributed by atoms with Crippen LogP contribution in [-0.2, 0) is 0 Å². The molecule has 0 aliphatic heterocycles. The fourth-order valence-corrected chi connectivity index (χ4v) is 3.17. The van der Waals surface area contributed by atoms with Gasteiger partial charge in [0.2, 0.25) is 5.69 Å². The molecule has 0 fully saturated rings. The van der Waals surface area contributed by atoms with Crippen molar-refractivity contribution in [1.29, 1.82) is 0 Å². The molecule has 0 radical (unpaired) electrons. The lowest BCUT2D eigenvalue weighted by Crippen LogP contribution is -2.07. The molecular weight excluding hydrogens is 356 g/mol. The van der Waals surface area contributed by atoms with Gasteiger partial charge in [0.1, 0.15) is 11.2 Å². The predicted octanol–water partition coefficient (Wildman–Crippen LogP) is 3.78. The second-order valence-corrected chi connectivity index (χ2v) is 6.29. The molecule has 134 valence electrons. The molecule has 0 aliphatic carbocycles. The quantitative estimate of drug-likeness (QED) is 0.479. The summed E-state index contributed by atoms with van der Waals surface area (Å²) in [5, 5.41) is 4.90. The van der Waals surface area contributed by atoms with Crippen molar-refractivity contribution in [2.24, 2.45) is 0 Å². The minimum Gasteiger partial charge on any atom is -0.443 e. The molecule has 0 aliphatic rings. The Hall–Kier alpha value is -4.25. The van der Waals surface area contributed by atoms with E-state index in [-0.39, 0.29) is 5.43 Å². The van der Waals surface area contributed by atoms with E-state index in [9.17, 15) is 4.79 Å². The molecule has 1 aromatic carbocycles. The van der Waals surface area contributed by atoms with Crippen LogP contribution in [0.5, 0.6) is 0 Å². The lowest BCUT2D eigenvalue weighted by Gasteiger charge is -2.11. The zero-order chi connectivity index (χ0) is 19.3. The maximum Gasteiger partial charge on any atom is 0.227 e. The number of rotatable bonds is 2. The van der Waals surface area contributed by atoms with Crippen LogP contribution < -0.4 is 5.43 Å². The van der Waals surface area contributed by atoms with E-state index in [0.29, 0.717) is 39.4 Å². The average molecular weight is 368 g/mol. The number of benzene rings is 1. The smallest absolute Gasteiger partial charge is 0.227 e. The van der Waals surface area contributed by atoms with Gasteiger partial charge in [0.05, 0.1) is 17.7 Å². The van der Waals surface area contributed by atoms with Gasteiger partial charge in [0, 0.05) is 24.0 Å². The number of hydrogen-bond acceptors (Lipinski definition) is 5. The number of nitrogens with one attached hydrogen (secondary N) is 1. The van der Waals surface area contributed by atoms with Crippen molar-refractivity contribution in [3.05, 3.63) is 76.5 Å². The lowest BCUT2D eigenvalue weighted by molar-refractivity contribution is 0.602. The number of oxazole rings is 1. The van der Waals surface area contributed by atoms with Crippen LogP contribution in [0.2, 0.25) is 0 Å². The van der Waals surface area contributed by atoms with Crippen molar-refractivity contribution >= 4 is 27.8 Å². The summed E-state index contributed by atoms with van der Waals surface area (Å²) >= 11 is 0. The van der Waals surface area contributed by atoms with E-state index in [1.807, 2.05) is 18.2 Å². The first-order valence-corrected chi connectivity index (χ1v) is 8.44. The van der Waals surface area contributed by atoms with Gasteiger partial charge >= 0.3 is 0 Å². The van der Waals surface area contributed by atoms with E-state index < -0.39 is 0 Å². The first-order valence-electron chi connectivity index (χ1n) is 8.44. The van der Waals surface area contributed by atoms with Crippen LogP contribution in [0.3, 0.4) is 0 Å². The fourth-order valence-electron chi connectivity index (χ4n) is 3.17. The van der Waals surface area contributed by atoms with Gasteiger partial charge in [-0.3, -0.25) is 4.79 Å². The Labute approximate surface area is 157 Å². The predicted molar refractivity (Wildman–Crippen MR) is 103 cm³/mol. The summed E-state index contributed by atoms with van der Waals surface area (Å²) in [7, 11) is 0. The maximum absolute atomic E-state index is 12.3. The summed E-state index contributed by atoms with van der Waals surface area (Å²) in [6.45, 7) is 9.07. The SMILES string of the molecule is [C-]#[N+]c1cn(-c2nc3[nH]ccc(=O)c3cc2-c2ccc3ncoc3c2)nc1C. The minimum atomic E-state index is -0.131. The Morgan fingerprint density at radius 2 is 2.14 bits per heavy atom. The molecule has 0 spiro atoms. The van der Waals surface area contributed by atoms with Gasteiger partial charge < -0.3 is 9.40 Å². The van der Waals surface area contributed by atoms with Crippen LogP contribution in [0.25, 0.3) is 43.9 Å². The maximum atomic E-state index is 12.3. The van der Waals surface area contributed by atoms with E-state index in [1.54, 1.807) is 30.1 Å². The van der Waals surface area contributed by atoms with Gasteiger partial charge in [0.15, 0.2) is 23.2 Å². The highest BCUT2D eigenvalue weighted by Crippen LogP contribution is 2.31. The van der Waals surface area contributed by atoms with Crippen molar-refractivity contribution in [2.45, 2.75) is 6.92 Å². The van der Waals surface area contributed by atoms with Crippen molar-refractivity contribution < 1.29 is 4.42 Å². The average Bonchev–Trinajstić information content (AvgIpc) is 3.32. The van der Waals surface area contributed by atoms with Crippen LogP contribution in [0, 0.1) is 13.5 Å². The number of aromatic amines is 1. The third-order valence-electron chi connectivity index (χ3n) is 4.58. The largest absolute Gasteiger partial charge is 0.443 e. The molecule has 0 atom stereocenters. The van der Waals surface area contributed by atoms with E-state index in [0.717, 1.165) is 11.1 Å². The zero-order valence-corrected chi connectivity index (χ0v) is 14.7. The molecule has 8 heteroatoms. The molecular formula is C20H12N6O2. The van der Waals surface area contributed by atoms with Crippen LogP contribution >= 0.6 is 0 Å². The van der Waals surface area contributed by atoms with Gasteiger partial charge in [-0.2, -0.15) is 5.10 Å². The van der Waals surface area contributed by atoms with Crippen LogP contribution in [-0.4, -0.2) is 24.7 Å². The van der Waals surface area contributed by atoms with Crippen LogP contribution in [0.4, 0.5) is 5.69 Å². The number of pyridine rings is 2. The monoisotopic (exact) mass is 368 g/mol. The van der Waals surface area contributed by atoms with Crippen molar-refractivity contribution in [3.8, 4) is 16.9 Å². The zero-order valence-electron chi connectivity index (χ0n) is 14.7. The molecule has 0 saturated heterocycles. The van der Waals surface area contributed by atoms with Crippen LogP contribution in [0.1, 0.15) is 5.69 Å². The third-order valence-corrected chi connectivity index (χ3v) is 4.58. The number of aryl methyl sites for hydroxylation is 1. The summed E-state index contributed by atoms with van der Waals surface area (Å²) < 4.78 is 6.98. The highest BCUT2D eigenvalue weighted by atomic mass is 16.3. The van der Waals surface area contributed by atoms with Gasteiger partial charge in [-0.05, 0) is 30.7 Å². The van der Waals surface area contributed by atoms with Gasteiger partial charge in [-0.25, -0.2) is 19.5 Å². The topological polar surface area (TPSA) is 94.0 Å².